The zero-order valence-corrected chi connectivity index (χ0v) is 10.6. The van der Waals surface area contributed by atoms with E-state index in [-0.39, 0.29) is 0 Å². The van der Waals surface area contributed by atoms with E-state index < -0.39 is 38.5 Å². The molecule has 1 heterocycles. The van der Waals surface area contributed by atoms with Crippen molar-refractivity contribution < 1.29 is 38.2 Å². The van der Waals surface area contributed by atoms with E-state index in [1.165, 1.54) is 14.0 Å². The predicted molar refractivity (Wildman–Crippen MR) is 55.1 cm³/mol. The number of phosphoric acid groups is 1. The number of hydrogen-bond acceptors (Lipinski definition) is 7. The highest BCUT2D eigenvalue weighted by atomic mass is 31.2. The van der Waals surface area contributed by atoms with Crippen LogP contribution in [0.4, 0.5) is 0 Å². The van der Waals surface area contributed by atoms with Gasteiger partial charge in [-0.05, 0) is 6.92 Å². The number of methoxy groups -OCH3 is 1. The molecule has 0 bridgehead atoms. The number of rotatable bonds is 4. The van der Waals surface area contributed by atoms with Gasteiger partial charge in [-0.3, -0.25) is 9.05 Å². The third-order valence-electron chi connectivity index (χ3n) is 2.52. The van der Waals surface area contributed by atoms with Crippen molar-refractivity contribution in [2.75, 3.05) is 14.2 Å². The van der Waals surface area contributed by atoms with Gasteiger partial charge >= 0.3 is 7.82 Å². The van der Waals surface area contributed by atoms with Gasteiger partial charge in [0.2, 0.25) is 0 Å². The summed E-state index contributed by atoms with van der Waals surface area (Å²) in [4.78, 5) is 9.16. The van der Waals surface area contributed by atoms with E-state index in [0.29, 0.717) is 0 Å². The molecule has 0 radical (unpaired) electrons. The SMILES string of the molecule is CO[C@@H]1C(OP(=O)(O)OC)O[C@H](C)[C@@H](O)[C@@H]1O. The Morgan fingerprint density at radius 2 is 1.82 bits per heavy atom. The van der Waals surface area contributed by atoms with E-state index in [0.717, 1.165) is 7.11 Å². The molecule has 1 fully saturated rings. The molecule has 0 aromatic heterocycles. The average Bonchev–Trinajstić information content (AvgIpc) is 2.26. The molecule has 102 valence electrons. The molecule has 6 atom stereocenters. The Bertz CT molecular complexity index is 297. The second kappa shape index (κ2) is 5.73. The molecule has 3 N–H and O–H groups in total. The first kappa shape index (κ1) is 15.0. The Morgan fingerprint density at radius 3 is 2.29 bits per heavy atom. The maximum atomic E-state index is 11.2. The summed E-state index contributed by atoms with van der Waals surface area (Å²) in [5.41, 5.74) is 0. The summed E-state index contributed by atoms with van der Waals surface area (Å²) in [6, 6.07) is 0. The summed E-state index contributed by atoms with van der Waals surface area (Å²) >= 11 is 0. The molecule has 17 heavy (non-hydrogen) atoms. The summed E-state index contributed by atoms with van der Waals surface area (Å²) in [6.07, 6.45) is -5.61. The maximum absolute atomic E-state index is 11.2. The first-order valence-corrected chi connectivity index (χ1v) is 6.43. The molecule has 1 rings (SSSR count). The van der Waals surface area contributed by atoms with Gasteiger partial charge in [0, 0.05) is 14.2 Å². The van der Waals surface area contributed by atoms with Crippen molar-refractivity contribution in [3.8, 4) is 0 Å². The van der Waals surface area contributed by atoms with Crippen molar-refractivity contribution >= 4 is 7.82 Å². The lowest BCUT2D eigenvalue weighted by atomic mass is 10.00. The quantitative estimate of drug-likeness (QED) is 0.572. The fourth-order valence-corrected chi connectivity index (χ4v) is 2.03. The van der Waals surface area contributed by atoms with Gasteiger partial charge in [0.15, 0.2) is 6.29 Å². The lowest BCUT2D eigenvalue weighted by Gasteiger charge is -2.40. The van der Waals surface area contributed by atoms with Crippen molar-refractivity contribution in [2.24, 2.45) is 0 Å². The van der Waals surface area contributed by atoms with Crippen molar-refractivity contribution in [2.45, 2.75) is 37.6 Å². The number of hydrogen-bond donors (Lipinski definition) is 3. The molecular weight excluding hydrogens is 255 g/mol. The summed E-state index contributed by atoms with van der Waals surface area (Å²) in [5, 5.41) is 19.2. The summed E-state index contributed by atoms with van der Waals surface area (Å²) in [6.45, 7) is 1.49. The van der Waals surface area contributed by atoms with Crippen LogP contribution in [0.5, 0.6) is 0 Å². The minimum absolute atomic E-state index is 0.766. The van der Waals surface area contributed by atoms with Crippen molar-refractivity contribution in [3.05, 3.63) is 0 Å². The van der Waals surface area contributed by atoms with Crippen LogP contribution in [-0.2, 0) is 23.1 Å². The van der Waals surface area contributed by atoms with Crippen molar-refractivity contribution in [3.63, 3.8) is 0 Å². The molecule has 0 spiro atoms. The fourth-order valence-electron chi connectivity index (χ4n) is 1.51. The zero-order valence-electron chi connectivity index (χ0n) is 9.72. The fraction of sp³-hybridized carbons (Fsp3) is 1.00. The zero-order chi connectivity index (χ0) is 13.2. The smallest absolute Gasteiger partial charge is 0.388 e. The van der Waals surface area contributed by atoms with Crippen LogP contribution in [0, 0.1) is 0 Å². The van der Waals surface area contributed by atoms with E-state index in [2.05, 4.69) is 4.52 Å². The molecule has 1 aliphatic rings. The first-order chi connectivity index (χ1) is 7.82. The van der Waals surface area contributed by atoms with Gasteiger partial charge in [0.25, 0.3) is 0 Å². The van der Waals surface area contributed by atoms with E-state index in [4.69, 9.17) is 18.9 Å². The van der Waals surface area contributed by atoms with Gasteiger partial charge in [-0.15, -0.1) is 0 Å². The highest BCUT2D eigenvalue weighted by molar-refractivity contribution is 7.47. The van der Waals surface area contributed by atoms with E-state index in [9.17, 15) is 14.8 Å². The minimum Gasteiger partial charge on any atom is -0.388 e. The van der Waals surface area contributed by atoms with Crippen LogP contribution in [0.25, 0.3) is 0 Å². The molecular formula is C8H17O8P. The van der Waals surface area contributed by atoms with Crippen molar-refractivity contribution in [1.29, 1.82) is 0 Å². The number of ether oxygens (including phenoxy) is 2. The van der Waals surface area contributed by atoms with Gasteiger partial charge in [-0.2, -0.15) is 0 Å². The maximum Gasteiger partial charge on any atom is 0.474 e. The van der Waals surface area contributed by atoms with Crippen LogP contribution in [0.3, 0.4) is 0 Å². The van der Waals surface area contributed by atoms with Gasteiger partial charge in [0.1, 0.15) is 18.3 Å². The van der Waals surface area contributed by atoms with Crippen LogP contribution >= 0.6 is 7.82 Å². The van der Waals surface area contributed by atoms with Gasteiger partial charge in [-0.1, -0.05) is 0 Å². The standard InChI is InChI=1S/C8H17O8P/c1-4-5(9)6(10)7(13-2)8(15-4)16-17(11,12)14-3/h4-10H,1-3H3,(H,11,12)/t4-,5-,6+,7+,8?/m1/s1. The largest absolute Gasteiger partial charge is 0.474 e. The molecule has 0 amide bonds. The normalized spacial score (nSPS) is 42.1. The van der Waals surface area contributed by atoms with Crippen molar-refractivity contribution in [1.82, 2.24) is 0 Å². The molecule has 1 saturated heterocycles. The Morgan fingerprint density at radius 1 is 1.24 bits per heavy atom. The first-order valence-electron chi connectivity index (χ1n) is 4.93. The Balaban J connectivity index is 2.79. The molecule has 8 nitrogen and oxygen atoms in total. The topological polar surface area (TPSA) is 115 Å². The van der Waals surface area contributed by atoms with Gasteiger partial charge in [-0.25, -0.2) is 4.57 Å². The Hall–Kier alpha value is -0.0500. The van der Waals surface area contributed by atoms with Gasteiger partial charge < -0.3 is 24.6 Å². The monoisotopic (exact) mass is 272 g/mol. The minimum atomic E-state index is -4.26. The van der Waals surface area contributed by atoms with Crippen LogP contribution in [-0.4, -0.2) is 60.0 Å². The van der Waals surface area contributed by atoms with Crippen LogP contribution in [0.1, 0.15) is 6.92 Å². The number of phosphoric ester groups is 1. The number of aliphatic hydroxyl groups is 2. The summed E-state index contributed by atoms with van der Waals surface area (Å²) in [7, 11) is -2.01. The molecule has 2 unspecified atom stereocenters. The summed E-state index contributed by atoms with van der Waals surface area (Å²) in [5.74, 6) is 0. The molecule has 0 saturated carbocycles. The van der Waals surface area contributed by atoms with E-state index in [1.807, 2.05) is 0 Å². The van der Waals surface area contributed by atoms with Gasteiger partial charge in [0.05, 0.1) is 6.10 Å². The highest BCUT2D eigenvalue weighted by Crippen LogP contribution is 2.45. The molecule has 0 aromatic carbocycles. The third-order valence-corrected chi connectivity index (χ3v) is 3.46. The Labute approximate surface area is 98.7 Å². The average molecular weight is 272 g/mol. The molecule has 1 aliphatic heterocycles. The predicted octanol–water partition coefficient (Wildman–Crippen LogP) is -0.769. The second-order valence-electron chi connectivity index (χ2n) is 3.65. The Kier molecular flexibility index (Phi) is 5.06. The second-order valence-corrected chi connectivity index (χ2v) is 5.16. The lowest BCUT2D eigenvalue weighted by molar-refractivity contribution is -0.277. The lowest BCUT2D eigenvalue weighted by Crippen LogP contribution is -2.57. The van der Waals surface area contributed by atoms with Crippen LogP contribution < -0.4 is 0 Å². The third kappa shape index (κ3) is 3.46. The summed E-state index contributed by atoms with van der Waals surface area (Å²) < 4.78 is 30.2. The van der Waals surface area contributed by atoms with Crippen LogP contribution in [0.15, 0.2) is 0 Å². The molecule has 9 heteroatoms. The van der Waals surface area contributed by atoms with Crippen LogP contribution in [0.2, 0.25) is 0 Å². The van der Waals surface area contributed by atoms with E-state index in [1.54, 1.807) is 0 Å². The molecule has 0 aromatic rings. The van der Waals surface area contributed by atoms with E-state index >= 15 is 0 Å². The highest BCUT2D eigenvalue weighted by Gasteiger charge is 2.46. The molecule has 0 aliphatic carbocycles. The number of aliphatic hydroxyl groups excluding tert-OH is 2.